The molecule has 0 radical (unpaired) electrons. The van der Waals surface area contributed by atoms with Crippen LogP contribution < -0.4 is 5.32 Å². The molecular formula is C27H21F2N5O2. The van der Waals surface area contributed by atoms with Crippen LogP contribution in [0.15, 0.2) is 77.6 Å². The average Bonchev–Trinajstić information content (AvgIpc) is 3.51. The second-order valence-electron chi connectivity index (χ2n) is 9.09. The first kappa shape index (κ1) is 22.1. The highest BCUT2D eigenvalue weighted by atomic mass is 19.1. The highest BCUT2D eigenvalue weighted by Crippen LogP contribution is 2.53. The monoisotopic (exact) mass is 485 g/mol. The number of carbonyl (C=O) groups excluding carboxylic acids is 1. The van der Waals surface area contributed by atoms with Crippen molar-refractivity contribution in [3.8, 4) is 11.4 Å². The van der Waals surface area contributed by atoms with Gasteiger partial charge in [-0.1, -0.05) is 35.5 Å². The number of hydrogen-bond acceptors (Lipinski definition) is 5. The highest BCUT2D eigenvalue weighted by Gasteiger charge is 2.49. The first-order valence-corrected chi connectivity index (χ1v) is 11.5. The van der Waals surface area contributed by atoms with E-state index in [1.807, 2.05) is 37.3 Å². The molecule has 1 fully saturated rings. The Morgan fingerprint density at radius 1 is 1.14 bits per heavy atom. The van der Waals surface area contributed by atoms with Crippen molar-refractivity contribution in [3.05, 3.63) is 102 Å². The van der Waals surface area contributed by atoms with E-state index in [-0.39, 0.29) is 24.7 Å². The summed E-state index contributed by atoms with van der Waals surface area (Å²) in [7, 11) is 0. The average molecular weight is 485 g/mol. The fourth-order valence-electron chi connectivity index (χ4n) is 4.60. The van der Waals surface area contributed by atoms with Gasteiger partial charge < -0.3 is 9.84 Å². The number of benzene rings is 2. The maximum absolute atomic E-state index is 15.2. The molecule has 1 saturated carbocycles. The molecule has 1 amide bonds. The summed E-state index contributed by atoms with van der Waals surface area (Å²) in [4.78, 5) is 21.7. The minimum Gasteiger partial charge on any atom is -0.339 e. The van der Waals surface area contributed by atoms with Gasteiger partial charge in [-0.2, -0.15) is 4.98 Å². The molecule has 9 heteroatoms. The molecule has 0 aliphatic heterocycles. The predicted molar refractivity (Wildman–Crippen MR) is 129 cm³/mol. The van der Waals surface area contributed by atoms with E-state index in [9.17, 15) is 9.18 Å². The van der Waals surface area contributed by atoms with Crippen LogP contribution in [0, 0.1) is 12.7 Å². The van der Waals surface area contributed by atoms with Gasteiger partial charge in [-0.25, -0.2) is 13.8 Å². The molecule has 180 valence electrons. The quantitative estimate of drug-likeness (QED) is 0.339. The Labute approximate surface area is 204 Å². The summed E-state index contributed by atoms with van der Waals surface area (Å²) in [6.45, 7) is 1.89. The standard InChI is InChI=1S/C27H21F2N5O2/c1-16-8-9-17(11-21(16)31-25(35)22-15-30-23-7-2-3-10-34(22)23)24-32-26(36-33-24)18-13-27(29,14-18)19-5-4-6-20(28)12-19/h2-12,15,18H,13-14H2,1H3,(H,31,35). The number of alkyl halides is 1. The van der Waals surface area contributed by atoms with Gasteiger partial charge in [-0.3, -0.25) is 9.20 Å². The zero-order valence-electron chi connectivity index (χ0n) is 19.3. The number of anilines is 1. The Balaban J connectivity index is 1.19. The summed E-state index contributed by atoms with van der Waals surface area (Å²) < 4.78 is 35.9. The topological polar surface area (TPSA) is 85.3 Å². The summed E-state index contributed by atoms with van der Waals surface area (Å²) in [6, 6.07) is 16.6. The molecule has 5 aromatic rings. The number of nitrogens with zero attached hydrogens (tertiary/aromatic N) is 4. The van der Waals surface area contributed by atoms with Crippen molar-refractivity contribution in [3.63, 3.8) is 0 Å². The molecule has 0 atom stereocenters. The summed E-state index contributed by atoms with van der Waals surface area (Å²) in [6.07, 6.45) is 3.60. The van der Waals surface area contributed by atoms with Gasteiger partial charge in [0.25, 0.3) is 5.91 Å². The number of pyridine rings is 1. The highest BCUT2D eigenvalue weighted by molar-refractivity contribution is 6.04. The summed E-state index contributed by atoms with van der Waals surface area (Å²) in [5.74, 6) is -0.325. The Kier molecular flexibility index (Phi) is 5.13. The summed E-state index contributed by atoms with van der Waals surface area (Å²) in [5, 5.41) is 7.00. The number of imidazole rings is 1. The van der Waals surface area contributed by atoms with E-state index < -0.39 is 11.5 Å². The lowest BCUT2D eigenvalue weighted by Gasteiger charge is -2.39. The van der Waals surface area contributed by atoms with Gasteiger partial charge in [0.15, 0.2) is 0 Å². The third-order valence-corrected chi connectivity index (χ3v) is 6.67. The van der Waals surface area contributed by atoms with E-state index in [2.05, 4.69) is 20.4 Å². The smallest absolute Gasteiger partial charge is 0.274 e. The minimum absolute atomic E-state index is 0.145. The maximum Gasteiger partial charge on any atom is 0.274 e. The van der Waals surface area contributed by atoms with Gasteiger partial charge in [-0.15, -0.1) is 0 Å². The lowest BCUT2D eigenvalue weighted by molar-refractivity contribution is 0.0251. The Bertz CT molecular complexity index is 1600. The van der Waals surface area contributed by atoms with Crippen LogP contribution >= 0.6 is 0 Å². The van der Waals surface area contributed by atoms with Crippen LogP contribution in [0.4, 0.5) is 14.5 Å². The molecule has 0 spiro atoms. The number of nitrogens with one attached hydrogen (secondary N) is 1. The molecule has 36 heavy (non-hydrogen) atoms. The van der Waals surface area contributed by atoms with E-state index in [0.717, 1.165) is 5.56 Å². The van der Waals surface area contributed by atoms with Crippen LogP contribution in [-0.4, -0.2) is 25.4 Å². The third-order valence-electron chi connectivity index (χ3n) is 6.67. The third kappa shape index (κ3) is 3.82. The molecule has 2 aromatic carbocycles. The number of aromatic nitrogens is 4. The zero-order chi connectivity index (χ0) is 24.9. The lowest BCUT2D eigenvalue weighted by Crippen LogP contribution is -2.36. The first-order valence-electron chi connectivity index (χ1n) is 11.5. The van der Waals surface area contributed by atoms with Crippen molar-refractivity contribution in [1.29, 1.82) is 0 Å². The van der Waals surface area contributed by atoms with Gasteiger partial charge in [-0.05, 0) is 61.2 Å². The molecule has 3 heterocycles. The van der Waals surface area contributed by atoms with Crippen molar-refractivity contribution in [2.45, 2.75) is 31.4 Å². The number of rotatable bonds is 5. The van der Waals surface area contributed by atoms with Gasteiger partial charge in [0.1, 0.15) is 22.8 Å². The zero-order valence-corrected chi connectivity index (χ0v) is 19.3. The van der Waals surface area contributed by atoms with E-state index in [1.165, 1.54) is 24.4 Å². The lowest BCUT2D eigenvalue weighted by atomic mass is 9.68. The van der Waals surface area contributed by atoms with Crippen molar-refractivity contribution in [2.24, 2.45) is 0 Å². The molecule has 0 saturated heterocycles. The maximum atomic E-state index is 15.2. The number of carbonyl (C=O) groups is 1. The normalized spacial score (nSPS) is 19.2. The van der Waals surface area contributed by atoms with Gasteiger partial charge in [0.05, 0.1) is 6.20 Å². The van der Waals surface area contributed by atoms with Crippen LogP contribution in [0.1, 0.15) is 46.3 Å². The van der Waals surface area contributed by atoms with E-state index in [4.69, 9.17) is 4.52 Å². The fourth-order valence-corrected chi connectivity index (χ4v) is 4.60. The van der Waals surface area contributed by atoms with E-state index >= 15 is 4.39 Å². The van der Waals surface area contributed by atoms with Crippen molar-refractivity contribution in [2.75, 3.05) is 5.32 Å². The molecular weight excluding hydrogens is 464 g/mol. The number of fused-ring (bicyclic) bond motifs is 1. The number of amides is 1. The van der Waals surface area contributed by atoms with Gasteiger partial charge >= 0.3 is 0 Å². The summed E-state index contributed by atoms with van der Waals surface area (Å²) in [5.41, 5.74) is 1.92. The SMILES string of the molecule is Cc1ccc(-c2noc(C3CC(F)(c4cccc(F)c4)C3)n2)cc1NC(=O)c1cnc2ccccn12. The molecule has 3 aromatic heterocycles. The van der Waals surface area contributed by atoms with Crippen LogP contribution in [0.25, 0.3) is 17.0 Å². The molecule has 7 nitrogen and oxygen atoms in total. The fraction of sp³-hybridized carbons (Fsp3) is 0.185. The second-order valence-corrected chi connectivity index (χ2v) is 9.09. The number of hydrogen-bond donors (Lipinski definition) is 1. The van der Waals surface area contributed by atoms with Crippen molar-refractivity contribution in [1.82, 2.24) is 19.5 Å². The Morgan fingerprint density at radius 3 is 2.83 bits per heavy atom. The van der Waals surface area contributed by atoms with Crippen LogP contribution in [-0.2, 0) is 5.67 Å². The second kappa shape index (κ2) is 8.37. The molecule has 0 bridgehead atoms. The largest absolute Gasteiger partial charge is 0.339 e. The van der Waals surface area contributed by atoms with Gasteiger partial charge in [0, 0.05) is 23.4 Å². The molecule has 1 N–H and O–H groups in total. The molecule has 1 aliphatic rings. The van der Waals surface area contributed by atoms with Crippen molar-refractivity contribution < 1.29 is 18.1 Å². The minimum atomic E-state index is -1.61. The first-order chi connectivity index (χ1) is 17.4. The van der Waals surface area contributed by atoms with Crippen LogP contribution in [0.3, 0.4) is 0 Å². The van der Waals surface area contributed by atoms with E-state index in [0.29, 0.717) is 39.9 Å². The van der Waals surface area contributed by atoms with E-state index in [1.54, 1.807) is 22.7 Å². The summed E-state index contributed by atoms with van der Waals surface area (Å²) >= 11 is 0. The number of halogens is 2. The molecule has 1 aliphatic carbocycles. The Morgan fingerprint density at radius 2 is 2.00 bits per heavy atom. The Hall–Kier alpha value is -4.40. The number of aryl methyl sites for hydroxylation is 1. The van der Waals surface area contributed by atoms with Crippen molar-refractivity contribution >= 4 is 17.2 Å². The van der Waals surface area contributed by atoms with Gasteiger partial charge in [0.2, 0.25) is 11.7 Å². The molecule has 6 rings (SSSR count). The van der Waals surface area contributed by atoms with Crippen LogP contribution in [0.5, 0.6) is 0 Å². The predicted octanol–water partition coefficient (Wildman–Crippen LogP) is 5.83. The molecule has 0 unspecified atom stereocenters. The van der Waals surface area contributed by atoms with Crippen LogP contribution in [0.2, 0.25) is 0 Å².